The van der Waals surface area contributed by atoms with Crippen LogP contribution in [-0.4, -0.2) is 25.3 Å². The van der Waals surface area contributed by atoms with Gasteiger partial charge in [0.25, 0.3) is 5.91 Å². The summed E-state index contributed by atoms with van der Waals surface area (Å²) in [6.07, 6.45) is 2.40. The molecule has 0 bridgehead atoms. The van der Waals surface area contributed by atoms with E-state index >= 15 is 0 Å². The Morgan fingerprint density at radius 2 is 1.87 bits per heavy atom. The van der Waals surface area contributed by atoms with Gasteiger partial charge in [-0.2, -0.15) is 11.8 Å². The van der Waals surface area contributed by atoms with Gasteiger partial charge in [0.2, 0.25) is 0 Å². The second-order valence-electron chi connectivity index (χ2n) is 5.70. The van der Waals surface area contributed by atoms with E-state index in [4.69, 9.17) is 4.74 Å². The highest BCUT2D eigenvalue weighted by Gasteiger charge is 2.34. The van der Waals surface area contributed by atoms with Crippen molar-refractivity contribution in [3.05, 3.63) is 71.3 Å². The number of benzene rings is 2. The first-order valence-electron chi connectivity index (χ1n) is 7.73. The van der Waals surface area contributed by atoms with Crippen LogP contribution in [0.2, 0.25) is 0 Å². The zero-order chi connectivity index (χ0) is 16.2. The van der Waals surface area contributed by atoms with Crippen LogP contribution < -0.4 is 5.32 Å². The molecule has 3 atom stereocenters. The van der Waals surface area contributed by atoms with Crippen LogP contribution in [0.4, 0.5) is 0 Å². The zero-order valence-electron chi connectivity index (χ0n) is 13.4. The predicted molar refractivity (Wildman–Crippen MR) is 94.5 cm³/mol. The topological polar surface area (TPSA) is 38.3 Å². The molecule has 0 fully saturated rings. The maximum absolute atomic E-state index is 12.7. The van der Waals surface area contributed by atoms with Crippen molar-refractivity contribution in [2.45, 2.75) is 23.8 Å². The molecule has 1 unspecified atom stereocenters. The fraction of sp³-hybridized carbons (Fsp3) is 0.316. The molecule has 0 spiro atoms. The summed E-state index contributed by atoms with van der Waals surface area (Å²) in [5, 5.41) is 3.49. The van der Waals surface area contributed by atoms with Crippen molar-refractivity contribution >= 4 is 17.7 Å². The molecule has 1 aliphatic rings. The van der Waals surface area contributed by atoms with E-state index in [2.05, 4.69) is 35.8 Å². The highest BCUT2D eigenvalue weighted by atomic mass is 32.2. The van der Waals surface area contributed by atoms with Crippen LogP contribution in [0.3, 0.4) is 0 Å². The Morgan fingerprint density at radius 3 is 2.57 bits per heavy atom. The third kappa shape index (κ3) is 3.28. The summed E-state index contributed by atoms with van der Waals surface area (Å²) in [7, 11) is 1.58. The van der Waals surface area contributed by atoms with Gasteiger partial charge in [-0.3, -0.25) is 4.79 Å². The number of ether oxygens (including phenoxy) is 1. The van der Waals surface area contributed by atoms with Crippen LogP contribution in [0.25, 0.3) is 0 Å². The van der Waals surface area contributed by atoms with E-state index in [0.717, 1.165) is 12.0 Å². The second kappa shape index (κ2) is 7.20. The largest absolute Gasteiger partial charge is 0.367 e. The fourth-order valence-corrected chi connectivity index (χ4v) is 4.23. The summed E-state index contributed by atoms with van der Waals surface area (Å²) in [5.74, 6) is -0.0736. The lowest BCUT2D eigenvalue weighted by molar-refractivity contribution is -0.132. The Labute approximate surface area is 141 Å². The van der Waals surface area contributed by atoms with Gasteiger partial charge >= 0.3 is 0 Å². The molecule has 1 aliphatic carbocycles. The van der Waals surface area contributed by atoms with E-state index in [1.165, 1.54) is 11.1 Å². The summed E-state index contributed by atoms with van der Waals surface area (Å²) in [6, 6.07) is 18.2. The molecule has 0 radical (unpaired) electrons. The van der Waals surface area contributed by atoms with Gasteiger partial charge in [0.15, 0.2) is 6.10 Å². The van der Waals surface area contributed by atoms with Gasteiger partial charge in [0.05, 0.1) is 5.25 Å². The van der Waals surface area contributed by atoms with E-state index in [0.29, 0.717) is 5.25 Å². The lowest BCUT2D eigenvalue weighted by Crippen LogP contribution is -2.40. The summed E-state index contributed by atoms with van der Waals surface area (Å²) in [6.45, 7) is 0. The number of nitrogens with one attached hydrogen (secondary N) is 1. The second-order valence-corrected chi connectivity index (χ2v) is 6.68. The molecule has 4 heteroatoms. The number of thioether (sulfide) groups is 1. The lowest BCUT2D eigenvalue weighted by Gasteiger charge is -2.23. The minimum atomic E-state index is -0.567. The molecule has 120 valence electrons. The molecule has 1 amide bonds. The van der Waals surface area contributed by atoms with Gasteiger partial charge in [0, 0.05) is 13.2 Å². The number of amides is 1. The van der Waals surface area contributed by atoms with Crippen LogP contribution in [0, 0.1) is 0 Å². The highest BCUT2D eigenvalue weighted by molar-refractivity contribution is 7.98. The molecule has 0 saturated carbocycles. The Hall–Kier alpha value is -1.78. The van der Waals surface area contributed by atoms with Gasteiger partial charge in [-0.25, -0.2) is 0 Å². The third-order valence-corrected chi connectivity index (χ3v) is 5.41. The van der Waals surface area contributed by atoms with Gasteiger partial charge in [0.1, 0.15) is 0 Å². The molecule has 0 aliphatic heterocycles. The van der Waals surface area contributed by atoms with E-state index in [9.17, 15) is 4.79 Å². The number of rotatable bonds is 5. The van der Waals surface area contributed by atoms with Crippen molar-refractivity contribution in [3.8, 4) is 0 Å². The Balaban J connectivity index is 1.75. The Bertz CT molecular complexity index is 674. The van der Waals surface area contributed by atoms with Crippen molar-refractivity contribution in [1.82, 2.24) is 5.32 Å². The quantitative estimate of drug-likeness (QED) is 0.913. The van der Waals surface area contributed by atoms with E-state index in [1.54, 1.807) is 18.9 Å². The van der Waals surface area contributed by atoms with Crippen molar-refractivity contribution in [1.29, 1.82) is 0 Å². The monoisotopic (exact) mass is 327 g/mol. The Kier molecular flexibility index (Phi) is 5.03. The van der Waals surface area contributed by atoms with Crippen molar-refractivity contribution < 1.29 is 9.53 Å². The summed E-state index contributed by atoms with van der Waals surface area (Å²) >= 11 is 1.78. The summed E-state index contributed by atoms with van der Waals surface area (Å²) in [5.41, 5.74) is 3.54. The molecule has 2 aromatic rings. The standard InChI is InChI=1S/C19H21NO2S/c1-22-17(13-8-4-3-5-9-13)19(21)20-16-12-14-10-6-7-11-15(14)18(16)23-2/h3-11,16-18H,12H2,1-2H3,(H,20,21)/t16-,17?,18-/m1/s1. The molecule has 3 rings (SSSR count). The molecule has 23 heavy (non-hydrogen) atoms. The van der Waals surface area contributed by atoms with Crippen molar-refractivity contribution in [2.24, 2.45) is 0 Å². The van der Waals surface area contributed by atoms with Crippen molar-refractivity contribution in [2.75, 3.05) is 13.4 Å². The van der Waals surface area contributed by atoms with E-state index in [1.807, 2.05) is 30.3 Å². The van der Waals surface area contributed by atoms with Crippen LogP contribution in [0.15, 0.2) is 54.6 Å². The van der Waals surface area contributed by atoms with Gasteiger partial charge in [-0.15, -0.1) is 0 Å². The number of methoxy groups -OCH3 is 1. The number of hydrogen-bond acceptors (Lipinski definition) is 3. The molecular weight excluding hydrogens is 306 g/mol. The lowest BCUT2D eigenvalue weighted by atomic mass is 10.1. The molecule has 0 aromatic heterocycles. The average Bonchev–Trinajstić information content (AvgIpc) is 2.93. The molecule has 0 saturated heterocycles. The SMILES string of the molecule is COC(C(=O)N[C@@H]1Cc2ccccc2[C@H]1SC)c1ccccc1. The van der Waals surface area contributed by atoms with Gasteiger partial charge in [-0.1, -0.05) is 54.6 Å². The molecule has 3 nitrogen and oxygen atoms in total. The minimum absolute atomic E-state index is 0.0736. The first-order valence-corrected chi connectivity index (χ1v) is 9.02. The maximum atomic E-state index is 12.7. The fourth-order valence-electron chi connectivity index (χ4n) is 3.26. The van der Waals surface area contributed by atoms with E-state index in [-0.39, 0.29) is 11.9 Å². The smallest absolute Gasteiger partial charge is 0.254 e. The summed E-state index contributed by atoms with van der Waals surface area (Å²) < 4.78 is 5.44. The van der Waals surface area contributed by atoms with Crippen molar-refractivity contribution in [3.63, 3.8) is 0 Å². The van der Waals surface area contributed by atoms with Crippen LogP contribution >= 0.6 is 11.8 Å². The normalized spacial score (nSPS) is 20.8. The van der Waals surface area contributed by atoms with E-state index < -0.39 is 6.10 Å². The zero-order valence-corrected chi connectivity index (χ0v) is 14.2. The molecular formula is C19H21NO2S. The summed E-state index contributed by atoms with van der Waals surface area (Å²) in [4.78, 5) is 12.7. The minimum Gasteiger partial charge on any atom is -0.367 e. The third-order valence-electron chi connectivity index (χ3n) is 4.32. The molecule has 1 N–H and O–H groups in total. The van der Waals surface area contributed by atoms with Crippen LogP contribution in [0.5, 0.6) is 0 Å². The van der Waals surface area contributed by atoms with Gasteiger partial charge in [-0.05, 0) is 29.4 Å². The van der Waals surface area contributed by atoms with Crippen LogP contribution in [0.1, 0.15) is 28.0 Å². The maximum Gasteiger partial charge on any atom is 0.254 e. The molecule has 2 aromatic carbocycles. The number of hydrogen-bond donors (Lipinski definition) is 1. The van der Waals surface area contributed by atoms with Crippen LogP contribution in [-0.2, 0) is 16.0 Å². The predicted octanol–water partition coefficient (Wildman–Crippen LogP) is 3.52. The van der Waals surface area contributed by atoms with Gasteiger partial charge < -0.3 is 10.1 Å². The highest BCUT2D eigenvalue weighted by Crippen LogP contribution is 2.40. The first kappa shape index (κ1) is 16.1. The number of carbonyl (C=O) groups excluding carboxylic acids is 1. The number of carbonyl (C=O) groups is 1. The number of fused-ring (bicyclic) bond motifs is 1. The first-order chi connectivity index (χ1) is 11.2. The molecule has 0 heterocycles. The Morgan fingerprint density at radius 1 is 1.17 bits per heavy atom. The average molecular weight is 327 g/mol.